The van der Waals surface area contributed by atoms with E-state index in [9.17, 15) is 5.11 Å². The minimum absolute atomic E-state index is 0.0230. The van der Waals surface area contributed by atoms with Gasteiger partial charge in [-0.25, -0.2) is 0 Å². The van der Waals surface area contributed by atoms with Crippen LogP contribution in [0.25, 0.3) is 0 Å². The van der Waals surface area contributed by atoms with Crippen LogP contribution in [0.2, 0.25) is 5.02 Å². The highest BCUT2D eigenvalue weighted by Crippen LogP contribution is 2.40. The SMILES string of the molecule is COc1ccc([C@@H](CO)N2CCNCC2)c(Cl)c1OC. The van der Waals surface area contributed by atoms with Crippen LogP contribution in [-0.4, -0.2) is 57.0 Å². The van der Waals surface area contributed by atoms with Gasteiger partial charge in [-0.2, -0.15) is 0 Å². The van der Waals surface area contributed by atoms with E-state index in [1.54, 1.807) is 14.2 Å². The van der Waals surface area contributed by atoms with Gasteiger partial charge < -0.3 is 19.9 Å². The molecule has 1 aliphatic heterocycles. The zero-order valence-corrected chi connectivity index (χ0v) is 12.6. The van der Waals surface area contributed by atoms with E-state index >= 15 is 0 Å². The van der Waals surface area contributed by atoms with Crippen molar-refractivity contribution < 1.29 is 14.6 Å². The van der Waals surface area contributed by atoms with E-state index in [0.29, 0.717) is 16.5 Å². The zero-order valence-electron chi connectivity index (χ0n) is 11.9. The number of ether oxygens (including phenoxy) is 2. The van der Waals surface area contributed by atoms with E-state index in [2.05, 4.69) is 10.2 Å². The molecule has 1 aromatic rings. The topological polar surface area (TPSA) is 54.0 Å². The maximum absolute atomic E-state index is 9.75. The molecule has 112 valence electrons. The summed E-state index contributed by atoms with van der Waals surface area (Å²) in [5.74, 6) is 1.11. The molecular weight excluding hydrogens is 280 g/mol. The van der Waals surface area contributed by atoms with Crippen molar-refractivity contribution in [2.24, 2.45) is 0 Å². The first-order chi connectivity index (χ1) is 9.72. The van der Waals surface area contributed by atoms with Crippen molar-refractivity contribution in [1.29, 1.82) is 0 Å². The van der Waals surface area contributed by atoms with Crippen molar-refractivity contribution in [1.82, 2.24) is 10.2 Å². The molecule has 1 saturated heterocycles. The van der Waals surface area contributed by atoms with Crippen LogP contribution in [0.15, 0.2) is 12.1 Å². The number of nitrogens with zero attached hydrogens (tertiary/aromatic N) is 1. The predicted octanol–water partition coefficient (Wildman–Crippen LogP) is 1.30. The van der Waals surface area contributed by atoms with E-state index < -0.39 is 0 Å². The molecule has 1 atom stereocenters. The Morgan fingerprint density at radius 3 is 2.55 bits per heavy atom. The first-order valence-electron chi connectivity index (χ1n) is 6.69. The molecule has 0 spiro atoms. The molecule has 6 heteroatoms. The standard InChI is InChI=1S/C14H21ClN2O3/c1-19-12-4-3-10(13(15)14(12)20-2)11(9-18)17-7-5-16-6-8-17/h3-4,11,16,18H,5-9H2,1-2H3/t11-/m1/s1. The van der Waals surface area contributed by atoms with Crippen LogP contribution < -0.4 is 14.8 Å². The highest BCUT2D eigenvalue weighted by Gasteiger charge is 2.25. The third kappa shape index (κ3) is 3.01. The van der Waals surface area contributed by atoms with Crippen LogP contribution >= 0.6 is 11.6 Å². The lowest BCUT2D eigenvalue weighted by atomic mass is 10.0. The lowest BCUT2D eigenvalue weighted by Crippen LogP contribution is -2.46. The van der Waals surface area contributed by atoms with E-state index in [1.165, 1.54) is 0 Å². The molecular formula is C14H21ClN2O3. The quantitative estimate of drug-likeness (QED) is 0.858. The first-order valence-corrected chi connectivity index (χ1v) is 7.06. The van der Waals surface area contributed by atoms with Gasteiger partial charge in [0.1, 0.15) is 0 Å². The van der Waals surface area contributed by atoms with Gasteiger partial charge in [0.25, 0.3) is 0 Å². The lowest BCUT2D eigenvalue weighted by molar-refractivity contribution is 0.110. The van der Waals surface area contributed by atoms with Gasteiger partial charge in [0, 0.05) is 26.2 Å². The van der Waals surface area contributed by atoms with Gasteiger partial charge in [0.15, 0.2) is 11.5 Å². The first kappa shape index (κ1) is 15.4. The molecule has 0 unspecified atom stereocenters. The summed E-state index contributed by atoms with van der Waals surface area (Å²) < 4.78 is 10.6. The van der Waals surface area contributed by atoms with Crippen LogP contribution in [0.5, 0.6) is 11.5 Å². The number of hydrogen-bond donors (Lipinski definition) is 2. The number of halogens is 1. The molecule has 0 bridgehead atoms. The Balaban J connectivity index is 2.34. The maximum atomic E-state index is 9.75. The van der Waals surface area contributed by atoms with Gasteiger partial charge in [-0.3, -0.25) is 4.90 Å². The molecule has 1 aromatic carbocycles. The molecule has 0 amide bonds. The second-order valence-electron chi connectivity index (χ2n) is 4.69. The Labute approximate surface area is 124 Å². The average molecular weight is 301 g/mol. The van der Waals surface area contributed by atoms with E-state index in [4.69, 9.17) is 21.1 Å². The third-order valence-electron chi connectivity index (χ3n) is 3.64. The van der Waals surface area contributed by atoms with E-state index in [0.717, 1.165) is 31.7 Å². The molecule has 1 aliphatic rings. The monoisotopic (exact) mass is 300 g/mol. The normalized spacial score (nSPS) is 17.8. The van der Waals surface area contributed by atoms with Crippen LogP contribution in [0.1, 0.15) is 11.6 Å². The summed E-state index contributed by atoms with van der Waals surface area (Å²) in [6.45, 7) is 3.63. The Bertz CT molecular complexity index is 450. The highest BCUT2D eigenvalue weighted by atomic mass is 35.5. The van der Waals surface area contributed by atoms with Crippen molar-refractivity contribution >= 4 is 11.6 Å². The summed E-state index contributed by atoms with van der Waals surface area (Å²) in [5, 5.41) is 13.6. The summed E-state index contributed by atoms with van der Waals surface area (Å²) >= 11 is 6.43. The molecule has 0 radical (unpaired) electrons. The van der Waals surface area contributed by atoms with Crippen molar-refractivity contribution in [2.45, 2.75) is 6.04 Å². The van der Waals surface area contributed by atoms with Gasteiger partial charge in [0.05, 0.1) is 31.9 Å². The number of methoxy groups -OCH3 is 2. The lowest BCUT2D eigenvalue weighted by Gasteiger charge is -2.34. The Hall–Kier alpha value is -1.01. The molecule has 1 fully saturated rings. The van der Waals surface area contributed by atoms with Gasteiger partial charge in [0.2, 0.25) is 0 Å². The van der Waals surface area contributed by atoms with Crippen LogP contribution in [0.4, 0.5) is 0 Å². The van der Waals surface area contributed by atoms with E-state index in [1.807, 2.05) is 12.1 Å². The molecule has 2 N–H and O–H groups in total. The largest absolute Gasteiger partial charge is 0.493 e. The second-order valence-corrected chi connectivity index (χ2v) is 5.07. The average Bonchev–Trinajstić information content (AvgIpc) is 2.50. The second kappa shape index (κ2) is 7.13. The molecule has 0 aromatic heterocycles. The fourth-order valence-corrected chi connectivity index (χ4v) is 2.93. The van der Waals surface area contributed by atoms with Gasteiger partial charge >= 0.3 is 0 Å². The molecule has 0 saturated carbocycles. The molecule has 2 rings (SSSR count). The molecule has 1 heterocycles. The minimum Gasteiger partial charge on any atom is -0.493 e. The number of aliphatic hydroxyl groups is 1. The van der Waals surface area contributed by atoms with Crippen molar-refractivity contribution in [3.8, 4) is 11.5 Å². The Morgan fingerprint density at radius 1 is 1.30 bits per heavy atom. The van der Waals surface area contributed by atoms with Crippen molar-refractivity contribution in [3.63, 3.8) is 0 Å². The van der Waals surface area contributed by atoms with Crippen LogP contribution in [-0.2, 0) is 0 Å². The van der Waals surface area contributed by atoms with Crippen molar-refractivity contribution in [3.05, 3.63) is 22.7 Å². The number of nitrogens with one attached hydrogen (secondary N) is 1. The van der Waals surface area contributed by atoms with Crippen LogP contribution in [0.3, 0.4) is 0 Å². The third-order valence-corrected chi connectivity index (χ3v) is 4.03. The van der Waals surface area contributed by atoms with Crippen molar-refractivity contribution in [2.75, 3.05) is 47.0 Å². The number of piperazine rings is 1. The zero-order chi connectivity index (χ0) is 14.5. The summed E-state index contributed by atoms with van der Waals surface area (Å²) in [5.41, 5.74) is 0.869. The number of hydrogen-bond acceptors (Lipinski definition) is 5. The highest BCUT2D eigenvalue weighted by molar-refractivity contribution is 6.33. The van der Waals surface area contributed by atoms with Gasteiger partial charge in [-0.15, -0.1) is 0 Å². The van der Waals surface area contributed by atoms with E-state index in [-0.39, 0.29) is 12.6 Å². The molecule has 0 aliphatic carbocycles. The fraction of sp³-hybridized carbons (Fsp3) is 0.571. The van der Waals surface area contributed by atoms with Gasteiger partial charge in [-0.05, 0) is 11.6 Å². The number of rotatable bonds is 5. The van der Waals surface area contributed by atoms with Crippen LogP contribution in [0, 0.1) is 0 Å². The predicted molar refractivity (Wildman–Crippen MR) is 78.8 cm³/mol. The summed E-state index contributed by atoms with van der Waals surface area (Å²) in [6, 6.07) is 3.60. The summed E-state index contributed by atoms with van der Waals surface area (Å²) in [4.78, 5) is 2.23. The minimum atomic E-state index is -0.121. The Morgan fingerprint density at radius 2 is 2.00 bits per heavy atom. The van der Waals surface area contributed by atoms with Gasteiger partial charge in [-0.1, -0.05) is 17.7 Å². The maximum Gasteiger partial charge on any atom is 0.179 e. The summed E-state index contributed by atoms with van der Waals surface area (Å²) in [6.07, 6.45) is 0. The molecule has 20 heavy (non-hydrogen) atoms. The number of benzene rings is 1. The smallest absolute Gasteiger partial charge is 0.179 e. The Kier molecular flexibility index (Phi) is 5.48. The summed E-state index contributed by atoms with van der Waals surface area (Å²) in [7, 11) is 3.14. The molecule has 5 nitrogen and oxygen atoms in total. The number of aliphatic hydroxyl groups excluding tert-OH is 1. The fourth-order valence-electron chi connectivity index (χ4n) is 2.57.